The zero-order chi connectivity index (χ0) is 11.6. The standard InChI is InChI=1S/C10H19F2NO.H2/c1-6-7(9(2,3)4)13-8(14)10(5,11)12;/h7H,6H2,1-5H3,(H,13,14);1H/t7-;/m1./s1. The fourth-order valence-electron chi connectivity index (χ4n) is 1.22. The average Bonchev–Trinajstić information content (AvgIpc) is 1.95. The van der Waals surface area contributed by atoms with Crippen molar-refractivity contribution in [1.29, 1.82) is 0 Å². The molecule has 0 heterocycles. The molecule has 0 saturated heterocycles. The van der Waals surface area contributed by atoms with E-state index in [2.05, 4.69) is 5.32 Å². The summed E-state index contributed by atoms with van der Waals surface area (Å²) in [6, 6.07) is -0.221. The molecule has 0 saturated carbocycles. The maximum absolute atomic E-state index is 12.6. The highest BCUT2D eigenvalue weighted by atomic mass is 19.3. The van der Waals surface area contributed by atoms with E-state index in [1.807, 2.05) is 27.7 Å². The monoisotopic (exact) mass is 209 g/mol. The zero-order valence-corrected chi connectivity index (χ0v) is 9.45. The second-order valence-corrected chi connectivity index (χ2v) is 4.69. The van der Waals surface area contributed by atoms with Gasteiger partial charge in [-0.05, 0) is 11.8 Å². The minimum Gasteiger partial charge on any atom is -0.348 e. The van der Waals surface area contributed by atoms with E-state index < -0.39 is 11.8 Å². The van der Waals surface area contributed by atoms with E-state index in [1.165, 1.54) is 0 Å². The van der Waals surface area contributed by atoms with E-state index in [-0.39, 0.29) is 12.9 Å². The third-order valence-corrected chi connectivity index (χ3v) is 2.16. The van der Waals surface area contributed by atoms with Crippen LogP contribution in [0.4, 0.5) is 8.78 Å². The van der Waals surface area contributed by atoms with Crippen molar-refractivity contribution in [1.82, 2.24) is 5.32 Å². The van der Waals surface area contributed by atoms with Crippen LogP contribution in [0.2, 0.25) is 0 Å². The number of rotatable bonds is 3. The Hall–Kier alpha value is -0.670. The number of carbonyl (C=O) groups is 1. The molecule has 4 heteroatoms. The van der Waals surface area contributed by atoms with E-state index in [4.69, 9.17) is 0 Å². The minimum absolute atomic E-state index is 0. The molecule has 1 amide bonds. The molecule has 0 aliphatic rings. The molecule has 86 valence electrons. The number of alkyl halides is 2. The normalized spacial score (nSPS) is 15.1. The van der Waals surface area contributed by atoms with Crippen molar-refractivity contribution >= 4 is 5.91 Å². The summed E-state index contributed by atoms with van der Waals surface area (Å²) in [7, 11) is 0. The lowest BCUT2D eigenvalue weighted by atomic mass is 9.85. The summed E-state index contributed by atoms with van der Waals surface area (Å²) in [6.45, 7) is 8.21. The molecule has 14 heavy (non-hydrogen) atoms. The average molecular weight is 209 g/mol. The molecule has 0 aliphatic heterocycles. The van der Waals surface area contributed by atoms with Crippen LogP contribution in [0.5, 0.6) is 0 Å². The van der Waals surface area contributed by atoms with Crippen LogP contribution in [0.3, 0.4) is 0 Å². The summed E-state index contributed by atoms with van der Waals surface area (Å²) in [5, 5.41) is 2.36. The minimum atomic E-state index is -3.29. The third kappa shape index (κ3) is 4.03. The van der Waals surface area contributed by atoms with Gasteiger partial charge >= 0.3 is 5.92 Å². The molecular weight excluding hydrogens is 188 g/mol. The lowest BCUT2D eigenvalue weighted by molar-refractivity contribution is -0.144. The maximum Gasteiger partial charge on any atom is 0.321 e. The number of hydrogen-bond donors (Lipinski definition) is 1. The van der Waals surface area contributed by atoms with Crippen LogP contribution in [-0.2, 0) is 4.79 Å². The molecule has 0 aliphatic carbocycles. The van der Waals surface area contributed by atoms with Gasteiger partial charge in [-0.3, -0.25) is 4.79 Å². The third-order valence-electron chi connectivity index (χ3n) is 2.16. The lowest BCUT2D eigenvalue weighted by Crippen LogP contribution is -2.48. The van der Waals surface area contributed by atoms with Crippen LogP contribution in [0.1, 0.15) is 42.5 Å². The summed E-state index contributed by atoms with van der Waals surface area (Å²) in [5.41, 5.74) is -0.199. The first-order valence-corrected chi connectivity index (χ1v) is 4.77. The van der Waals surface area contributed by atoms with Gasteiger partial charge in [0, 0.05) is 14.4 Å². The molecule has 0 aromatic rings. The molecule has 2 nitrogen and oxygen atoms in total. The molecule has 0 rings (SSSR count). The van der Waals surface area contributed by atoms with Crippen molar-refractivity contribution in [2.24, 2.45) is 5.41 Å². The van der Waals surface area contributed by atoms with Gasteiger partial charge in [-0.15, -0.1) is 0 Å². The fraction of sp³-hybridized carbons (Fsp3) is 0.900. The zero-order valence-electron chi connectivity index (χ0n) is 9.45. The molecule has 0 unspecified atom stereocenters. The van der Waals surface area contributed by atoms with Crippen molar-refractivity contribution in [2.45, 2.75) is 53.0 Å². The van der Waals surface area contributed by atoms with Gasteiger partial charge in [-0.2, -0.15) is 8.78 Å². The predicted molar refractivity (Wildman–Crippen MR) is 54.4 cm³/mol. The highest BCUT2D eigenvalue weighted by molar-refractivity contribution is 5.83. The number of nitrogens with one attached hydrogen (secondary N) is 1. The first-order valence-electron chi connectivity index (χ1n) is 4.77. The summed E-state index contributed by atoms with van der Waals surface area (Å²) in [5.74, 6) is -4.49. The van der Waals surface area contributed by atoms with Gasteiger partial charge in [0.15, 0.2) is 0 Å². The number of hydrogen-bond acceptors (Lipinski definition) is 1. The highest BCUT2D eigenvalue weighted by Crippen LogP contribution is 2.23. The van der Waals surface area contributed by atoms with Gasteiger partial charge in [0.2, 0.25) is 0 Å². The number of halogens is 2. The smallest absolute Gasteiger partial charge is 0.321 e. The molecule has 0 fully saturated rings. The molecule has 1 atom stereocenters. The summed E-state index contributed by atoms with van der Waals surface area (Å²) in [4.78, 5) is 11.0. The van der Waals surface area contributed by atoms with E-state index in [0.717, 1.165) is 0 Å². The molecule has 1 N–H and O–H groups in total. The Bertz CT molecular complexity index is 208. The van der Waals surface area contributed by atoms with Crippen LogP contribution in [0.15, 0.2) is 0 Å². The Morgan fingerprint density at radius 2 is 1.79 bits per heavy atom. The van der Waals surface area contributed by atoms with Crippen molar-refractivity contribution in [3.63, 3.8) is 0 Å². The number of carbonyl (C=O) groups excluding carboxylic acids is 1. The summed E-state index contributed by atoms with van der Waals surface area (Å²) < 4.78 is 25.2. The van der Waals surface area contributed by atoms with Gasteiger partial charge in [0.05, 0.1) is 0 Å². The largest absolute Gasteiger partial charge is 0.348 e. The fourth-order valence-corrected chi connectivity index (χ4v) is 1.22. The molecule has 0 spiro atoms. The van der Waals surface area contributed by atoms with Crippen LogP contribution < -0.4 is 5.32 Å². The predicted octanol–water partition coefficient (Wildman–Crippen LogP) is 2.83. The van der Waals surface area contributed by atoms with Crippen molar-refractivity contribution < 1.29 is 15.0 Å². The van der Waals surface area contributed by atoms with Crippen LogP contribution in [-0.4, -0.2) is 17.9 Å². The molecule has 0 radical (unpaired) electrons. The Morgan fingerprint density at radius 3 is 2.00 bits per heavy atom. The molecule has 0 aromatic carbocycles. The van der Waals surface area contributed by atoms with E-state index in [9.17, 15) is 13.6 Å². The Morgan fingerprint density at radius 1 is 1.36 bits per heavy atom. The van der Waals surface area contributed by atoms with Crippen molar-refractivity contribution in [3.05, 3.63) is 0 Å². The SMILES string of the molecule is CC[C@@H](NC(=O)C(C)(F)F)C(C)(C)C.[HH]. The first kappa shape index (κ1) is 13.3. The van der Waals surface area contributed by atoms with Crippen molar-refractivity contribution in [2.75, 3.05) is 0 Å². The van der Waals surface area contributed by atoms with Crippen LogP contribution in [0.25, 0.3) is 0 Å². The quantitative estimate of drug-likeness (QED) is 0.760. The first-order chi connectivity index (χ1) is 6.09. The molecule has 0 bridgehead atoms. The summed E-state index contributed by atoms with van der Waals surface area (Å²) in [6.07, 6.45) is 0.644. The van der Waals surface area contributed by atoms with Gasteiger partial charge in [-0.1, -0.05) is 27.7 Å². The van der Waals surface area contributed by atoms with Crippen LogP contribution in [0, 0.1) is 5.41 Å². The van der Waals surface area contributed by atoms with E-state index >= 15 is 0 Å². The summed E-state index contributed by atoms with van der Waals surface area (Å²) >= 11 is 0. The number of amides is 1. The molecular formula is C10H21F2NO. The second kappa shape index (κ2) is 4.24. The Kier molecular flexibility index (Phi) is 4.03. The Balaban J connectivity index is 0. The van der Waals surface area contributed by atoms with Crippen molar-refractivity contribution in [3.8, 4) is 0 Å². The highest BCUT2D eigenvalue weighted by Gasteiger charge is 2.35. The Labute approximate surface area is 85.6 Å². The van der Waals surface area contributed by atoms with Gasteiger partial charge < -0.3 is 5.32 Å². The maximum atomic E-state index is 12.6. The second-order valence-electron chi connectivity index (χ2n) is 4.69. The van der Waals surface area contributed by atoms with E-state index in [1.54, 1.807) is 0 Å². The van der Waals surface area contributed by atoms with Crippen LogP contribution >= 0.6 is 0 Å². The lowest BCUT2D eigenvalue weighted by Gasteiger charge is -2.31. The van der Waals surface area contributed by atoms with Gasteiger partial charge in [0.1, 0.15) is 0 Å². The van der Waals surface area contributed by atoms with Gasteiger partial charge in [0.25, 0.3) is 5.91 Å². The van der Waals surface area contributed by atoms with E-state index in [0.29, 0.717) is 13.3 Å². The van der Waals surface area contributed by atoms with Gasteiger partial charge in [-0.25, -0.2) is 0 Å². The topological polar surface area (TPSA) is 29.1 Å². The molecule has 0 aromatic heterocycles.